The summed E-state index contributed by atoms with van der Waals surface area (Å²) in [5.74, 6) is 5.31. The largest absolute Gasteiger partial charge is 0.369 e. The van der Waals surface area contributed by atoms with Crippen LogP contribution in [-0.2, 0) is 4.79 Å². The summed E-state index contributed by atoms with van der Waals surface area (Å²) >= 11 is 0. The summed E-state index contributed by atoms with van der Waals surface area (Å²) in [4.78, 5) is 26.2. The van der Waals surface area contributed by atoms with E-state index in [2.05, 4.69) is 26.8 Å². The molecule has 1 atom stereocenters. The van der Waals surface area contributed by atoms with Crippen LogP contribution >= 0.6 is 0 Å². The average Bonchev–Trinajstić information content (AvgIpc) is 2.94. The first-order chi connectivity index (χ1) is 12.5. The first-order valence-corrected chi connectivity index (χ1v) is 8.23. The van der Waals surface area contributed by atoms with Gasteiger partial charge in [-0.25, -0.2) is 15.0 Å². The number of hydrogen-bond acceptors (Lipinski definition) is 5. The monoisotopic (exact) mass is 344 g/mol. The van der Waals surface area contributed by atoms with Crippen molar-refractivity contribution in [3.05, 3.63) is 54.5 Å². The third kappa shape index (κ3) is 2.89. The van der Waals surface area contributed by atoms with E-state index in [1.54, 1.807) is 13.2 Å². The molecule has 1 N–H and O–H groups in total. The minimum atomic E-state index is -1.59. The number of fused-ring (bicyclic) bond motifs is 1. The van der Waals surface area contributed by atoms with Crippen LogP contribution in [0.5, 0.6) is 0 Å². The van der Waals surface area contributed by atoms with Gasteiger partial charge < -0.3 is 10.0 Å². The van der Waals surface area contributed by atoms with Crippen LogP contribution in [0.25, 0.3) is 22.3 Å². The molecule has 2 aromatic heterocycles. The molecule has 3 aromatic rings. The van der Waals surface area contributed by atoms with Crippen molar-refractivity contribution < 1.29 is 9.90 Å². The van der Waals surface area contributed by atoms with E-state index in [0.717, 1.165) is 22.3 Å². The van der Waals surface area contributed by atoms with Gasteiger partial charge in [0.2, 0.25) is 5.60 Å². The molecule has 0 spiro atoms. The highest BCUT2D eigenvalue weighted by molar-refractivity contribution is 5.90. The van der Waals surface area contributed by atoms with Gasteiger partial charge in [-0.3, -0.25) is 4.79 Å². The molecule has 1 fully saturated rings. The second-order valence-electron chi connectivity index (χ2n) is 6.29. The number of aliphatic hydroxyl groups is 1. The maximum Gasteiger partial charge on any atom is 0.267 e. The Morgan fingerprint density at radius 1 is 1.23 bits per heavy atom. The maximum atomic E-state index is 12.0. The van der Waals surface area contributed by atoms with Crippen molar-refractivity contribution in [2.45, 2.75) is 12.0 Å². The molecule has 1 saturated heterocycles. The topological polar surface area (TPSA) is 79.2 Å². The Morgan fingerprint density at radius 3 is 2.92 bits per heavy atom. The molecule has 6 heteroatoms. The smallest absolute Gasteiger partial charge is 0.267 e. The van der Waals surface area contributed by atoms with Crippen molar-refractivity contribution in [1.29, 1.82) is 0 Å². The first-order valence-electron chi connectivity index (χ1n) is 8.23. The number of pyridine rings is 1. The highest BCUT2D eigenvalue weighted by Crippen LogP contribution is 2.22. The number of nitrogens with zero attached hydrogens (tertiary/aromatic N) is 4. The number of aromatic nitrogens is 3. The van der Waals surface area contributed by atoms with Crippen molar-refractivity contribution in [2.75, 3.05) is 13.6 Å². The second kappa shape index (κ2) is 6.21. The van der Waals surface area contributed by atoms with Crippen LogP contribution in [0.15, 0.2) is 48.9 Å². The predicted molar refractivity (Wildman–Crippen MR) is 96.9 cm³/mol. The standard InChI is InChI=1S/C20H16N4O2/c1-24-10-9-20(26,19(24)25)8-7-14-3-2-4-15(11-14)16-5-6-17-18(23-16)12-21-13-22-17/h2-6,11-13,26H,9-10H2,1H3. The molecule has 6 nitrogen and oxygen atoms in total. The zero-order valence-corrected chi connectivity index (χ0v) is 14.2. The molecular formula is C20H16N4O2. The van der Waals surface area contributed by atoms with Gasteiger partial charge in [-0.15, -0.1) is 0 Å². The Bertz CT molecular complexity index is 1070. The molecule has 4 rings (SSSR count). The van der Waals surface area contributed by atoms with E-state index >= 15 is 0 Å². The van der Waals surface area contributed by atoms with Crippen molar-refractivity contribution in [1.82, 2.24) is 19.9 Å². The Kier molecular flexibility index (Phi) is 3.86. The van der Waals surface area contributed by atoms with E-state index in [1.165, 1.54) is 11.2 Å². The van der Waals surface area contributed by atoms with Crippen molar-refractivity contribution >= 4 is 16.9 Å². The molecule has 1 aliphatic heterocycles. The lowest BCUT2D eigenvalue weighted by Crippen LogP contribution is -2.37. The fourth-order valence-corrected chi connectivity index (χ4v) is 2.93. The molecule has 1 aliphatic rings. The Labute approximate surface area is 150 Å². The Balaban J connectivity index is 1.67. The Morgan fingerprint density at radius 2 is 2.12 bits per heavy atom. The minimum Gasteiger partial charge on any atom is -0.369 e. The summed E-state index contributed by atoms with van der Waals surface area (Å²) in [5, 5.41) is 10.4. The SMILES string of the molecule is CN1CCC(O)(C#Cc2cccc(-c3ccc4ncncc4n3)c2)C1=O. The molecule has 1 amide bonds. The van der Waals surface area contributed by atoms with Crippen LogP contribution in [0.2, 0.25) is 0 Å². The van der Waals surface area contributed by atoms with Crippen molar-refractivity contribution in [2.24, 2.45) is 0 Å². The van der Waals surface area contributed by atoms with Crippen LogP contribution in [0.4, 0.5) is 0 Å². The number of likely N-dealkylation sites (tertiary alicyclic amines) is 1. The molecule has 0 aliphatic carbocycles. The van der Waals surface area contributed by atoms with Gasteiger partial charge in [0.15, 0.2) is 0 Å². The number of hydrogen-bond donors (Lipinski definition) is 1. The number of amides is 1. The molecule has 1 aromatic carbocycles. The second-order valence-corrected chi connectivity index (χ2v) is 6.29. The van der Waals surface area contributed by atoms with E-state index in [9.17, 15) is 9.90 Å². The molecule has 128 valence electrons. The van der Waals surface area contributed by atoms with Crippen LogP contribution in [0, 0.1) is 11.8 Å². The zero-order chi connectivity index (χ0) is 18.1. The molecule has 0 bridgehead atoms. The summed E-state index contributed by atoms with van der Waals surface area (Å²) in [5.41, 5.74) is 2.30. The van der Waals surface area contributed by atoms with Gasteiger partial charge in [0.05, 0.1) is 17.4 Å². The predicted octanol–water partition coefficient (Wildman–Crippen LogP) is 1.64. The van der Waals surface area contributed by atoms with E-state index in [-0.39, 0.29) is 5.91 Å². The summed E-state index contributed by atoms with van der Waals surface area (Å²) in [6.07, 6.45) is 3.49. The van der Waals surface area contributed by atoms with Crippen molar-refractivity contribution in [3.63, 3.8) is 0 Å². The van der Waals surface area contributed by atoms with Crippen LogP contribution in [-0.4, -0.2) is 50.1 Å². The quantitative estimate of drug-likeness (QED) is 0.679. The number of carbonyl (C=O) groups is 1. The van der Waals surface area contributed by atoms with Gasteiger partial charge in [0, 0.05) is 31.1 Å². The van der Waals surface area contributed by atoms with Gasteiger partial charge >= 0.3 is 0 Å². The summed E-state index contributed by atoms with van der Waals surface area (Å²) < 4.78 is 0. The number of likely N-dealkylation sites (N-methyl/N-ethyl adjacent to an activating group) is 1. The Hall–Kier alpha value is -3.30. The molecule has 3 heterocycles. The fraction of sp³-hybridized carbons (Fsp3) is 0.200. The number of carbonyl (C=O) groups excluding carboxylic acids is 1. The molecular weight excluding hydrogens is 328 g/mol. The summed E-state index contributed by atoms with van der Waals surface area (Å²) in [6.45, 7) is 0.507. The first kappa shape index (κ1) is 16.2. The normalized spacial score (nSPS) is 19.5. The van der Waals surface area contributed by atoms with E-state index in [1.807, 2.05) is 36.4 Å². The van der Waals surface area contributed by atoms with Gasteiger partial charge in [-0.2, -0.15) is 0 Å². The third-order valence-electron chi connectivity index (χ3n) is 4.44. The lowest BCUT2D eigenvalue weighted by atomic mass is 10.0. The van der Waals surface area contributed by atoms with Crippen LogP contribution in [0.3, 0.4) is 0 Å². The van der Waals surface area contributed by atoms with E-state index in [0.29, 0.717) is 18.5 Å². The van der Waals surface area contributed by atoms with Gasteiger partial charge in [0.25, 0.3) is 5.91 Å². The fourth-order valence-electron chi connectivity index (χ4n) is 2.93. The maximum absolute atomic E-state index is 12.0. The summed E-state index contributed by atoms with van der Waals surface area (Å²) in [7, 11) is 1.66. The van der Waals surface area contributed by atoms with Gasteiger partial charge in [-0.05, 0) is 24.3 Å². The zero-order valence-electron chi connectivity index (χ0n) is 14.2. The minimum absolute atomic E-state index is 0.321. The highest BCUT2D eigenvalue weighted by atomic mass is 16.3. The van der Waals surface area contributed by atoms with E-state index < -0.39 is 5.60 Å². The summed E-state index contributed by atoms with van der Waals surface area (Å²) in [6, 6.07) is 11.3. The lowest BCUT2D eigenvalue weighted by Gasteiger charge is -2.13. The van der Waals surface area contributed by atoms with E-state index in [4.69, 9.17) is 0 Å². The van der Waals surface area contributed by atoms with Crippen molar-refractivity contribution in [3.8, 4) is 23.1 Å². The molecule has 26 heavy (non-hydrogen) atoms. The average molecular weight is 344 g/mol. The highest BCUT2D eigenvalue weighted by Gasteiger charge is 2.42. The van der Waals surface area contributed by atoms with Crippen LogP contribution in [0.1, 0.15) is 12.0 Å². The van der Waals surface area contributed by atoms with Crippen LogP contribution < -0.4 is 0 Å². The number of rotatable bonds is 1. The molecule has 0 saturated carbocycles. The number of benzene rings is 1. The van der Waals surface area contributed by atoms with Gasteiger partial charge in [-0.1, -0.05) is 24.0 Å². The third-order valence-corrected chi connectivity index (χ3v) is 4.44. The lowest BCUT2D eigenvalue weighted by molar-refractivity contribution is -0.137. The molecule has 1 unspecified atom stereocenters. The van der Waals surface area contributed by atoms with Gasteiger partial charge in [0.1, 0.15) is 11.8 Å². The molecule has 0 radical (unpaired) electrons.